The first-order valence-electron chi connectivity index (χ1n) is 7.92. The minimum Gasteiger partial charge on any atom is -0.480 e. The zero-order valence-corrected chi connectivity index (χ0v) is 13.8. The van der Waals surface area contributed by atoms with Gasteiger partial charge < -0.3 is 10.4 Å². The standard InChI is InChI=1S/C19H21NO2S/c21-18(22)19(10-5-11-20-19)13-16-8-4-9-17(12-16)23-14-15-6-2-1-3-7-15/h1-4,6-9,12,20H,5,10-11,13-14H2,(H,21,22)/t19-/m1/s1. The van der Waals surface area contributed by atoms with Crippen LogP contribution < -0.4 is 5.32 Å². The largest absolute Gasteiger partial charge is 0.480 e. The third-order valence-electron chi connectivity index (χ3n) is 4.31. The summed E-state index contributed by atoms with van der Waals surface area (Å²) < 4.78 is 0. The molecule has 3 nitrogen and oxygen atoms in total. The van der Waals surface area contributed by atoms with E-state index in [0.29, 0.717) is 12.8 Å². The molecule has 0 saturated carbocycles. The molecule has 1 fully saturated rings. The Balaban J connectivity index is 1.68. The summed E-state index contributed by atoms with van der Waals surface area (Å²) in [7, 11) is 0. The van der Waals surface area contributed by atoms with Crippen LogP contribution in [0.25, 0.3) is 0 Å². The zero-order chi connectivity index (χ0) is 16.1. The van der Waals surface area contributed by atoms with Crippen molar-refractivity contribution in [1.29, 1.82) is 0 Å². The maximum Gasteiger partial charge on any atom is 0.324 e. The normalized spacial score (nSPS) is 20.5. The highest BCUT2D eigenvalue weighted by Crippen LogP contribution is 2.28. The van der Waals surface area contributed by atoms with Gasteiger partial charge in [-0.2, -0.15) is 0 Å². The fourth-order valence-electron chi connectivity index (χ4n) is 3.05. The molecule has 1 aliphatic rings. The lowest BCUT2D eigenvalue weighted by atomic mass is 9.89. The fourth-order valence-corrected chi connectivity index (χ4v) is 3.99. The molecule has 120 valence electrons. The first kappa shape index (κ1) is 16.1. The van der Waals surface area contributed by atoms with Crippen LogP contribution in [0.1, 0.15) is 24.0 Å². The van der Waals surface area contributed by atoms with Gasteiger partial charge in [-0.1, -0.05) is 42.5 Å². The number of benzene rings is 2. The van der Waals surface area contributed by atoms with E-state index < -0.39 is 11.5 Å². The molecule has 2 aromatic carbocycles. The lowest BCUT2D eigenvalue weighted by molar-refractivity contribution is -0.144. The average Bonchev–Trinajstić information content (AvgIpc) is 3.04. The molecule has 0 aromatic heterocycles. The molecule has 1 aliphatic heterocycles. The molecule has 2 aromatic rings. The Hall–Kier alpha value is -1.78. The van der Waals surface area contributed by atoms with Gasteiger partial charge in [0.1, 0.15) is 5.54 Å². The topological polar surface area (TPSA) is 49.3 Å². The van der Waals surface area contributed by atoms with E-state index in [-0.39, 0.29) is 0 Å². The number of carboxylic acid groups (broad SMARTS) is 1. The van der Waals surface area contributed by atoms with E-state index >= 15 is 0 Å². The predicted molar refractivity (Wildman–Crippen MR) is 93.8 cm³/mol. The van der Waals surface area contributed by atoms with Crippen molar-refractivity contribution >= 4 is 17.7 Å². The van der Waals surface area contributed by atoms with Gasteiger partial charge in [-0.15, -0.1) is 11.8 Å². The SMILES string of the molecule is O=C(O)[C@]1(Cc2cccc(SCc3ccccc3)c2)CCCN1. The number of rotatable bonds is 6. The Morgan fingerprint density at radius 1 is 1.13 bits per heavy atom. The monoisotopic (exact) mass is 327 g/mol. The third-order valence-corrected chi connectivity index (χ3v) is 5.37. The van der Waals surface area contributed by atoms with Crippen molar-refractivity contribution in [3.05, 3.63) is 65.7 Å². The van der Waals surface area contributed by atoms with E-state index in [0.717, 1.165) is 24.3 Å². The third kappa shape index (κ3) is 3.95. The van der Waals surface area contributed by atoms with E-state index in [1.807, 2.05) is 18.2 Å². The molecule has 0 unspecified atom stereocenters. The van der Waals surface area contributed by atoms with E-state index in [9.17, 15) is 9.90 Å². The second kappa shape index (κ2) is 7.20. The van der Waals surface area contributed by atoms with Gasteiger partial charge in [-0.05, 0) is 42.6 Å². The molecule has 0 aliphatic carbocycles. The highest BCUT2D eigenvalue weighted by molar-refractivity contribution is 7.98. The van der Waals surface area contributed by atoms with Crippen LogP contribution in [0.3, 0.4) is 0 Å². The highest BCUT2D eigenvalue weighted by atomic mass is 32.2. The molecule has 1 atom stereocenters. The van der Waals surface area contributed by atoms with Crippen molar-refractivity contribution < 1.29 is 9.90 Å². The average molecular weight is 327 g/mol. The summed E-state index contributed by atoms with van der Waals surface area (Å²) in [6, 6.07) is 18.6. The number of carboxylic acids is 1. The van der Waals surface area contributed by atoms with Gasteiger partial charge in [-0.3, -0.25) is 4.79 Å². The van der Waals surface area contributed by atoms with Crippen LogP contribution in [0.2, 0.25) is 0 Å². The van der Waals surface area contributed by atoms with Crippen LogP contribution in [-0.4, -0.2) is 23.2 Å². The second-order valence-corrected chi connectivity index (χ2v) is 7.06. The molecule has 4 heteroatoms. The summed E-state index contributed by atoms with van der Waals surface area (Å²) in [5.74, 6) is 0.185. The summed E-state index contributed by atoms with van der Waals surface area (Å²) in [5.41, 5.74) is 1.59. The quantitative estimate of drug-likeness (QED) is 0.794. The Morgan fingerprint density at radius 2 is 1.91 bits per heavy atom. The number of aliphatic carboxylic acids is 1. The number of nitrogens with one attached hydrogen (secondary N) is 1. The van der Waals surface area contributed by atoms with Gasteiger partial charge in [-0.25, -0.2) is 0 Å². The van der Waals surface area contributed by atoms with Crippen molar-refractivity contribution in [2.24, 2.45) is 0 Å². The molecule has 0 bridgehead atoms. The van der Waals surface area contributed by atoms with Gasteiger partial charge >= 0.3 is 5.97 Å². The molecule has 2 N–H and O–H groups in total. The molecular formula is C19H21NO2S. The molecule has 0 radical (unpaired) electrons. The van der Waals surface area contributed by atoms with Gasteiger partial charge in [0, 0.05) is 17.1 Å². The minimum absolute atomic E-state index is 0.544. The van der Waals surface area contributed by atoms with Crippen LogP contribution in [0.5, 0.6) is 0 Å². The van der Waals surface area contributed by atoms with Crippen LogP contribution in [0, 0.1) is 0 Å². The number of thioether (sulfide) groups is 1. The number of carbonyl (C=O) groups is 1. The molecule has 23 heavy (non-hydrogen) atoms. The van der Waals surface area contributed by atoms with Crippen molar-refractivity contribution in [2.45, 2.75) is 35.4 Å². The van der Waals surface area contributed by atoms with Crippen LogP contribution in [-0.2, 0) is 17.0 Å². The fraction of sp³-hybridized carbons (Fsp3) is 0.316. The van der Waals surface area contributed by atoms with Crippen LogP contribution >= 0.6 is 11.8 Å². The van der Waals surface area contributed by atoms with E-state index in [1.54, 1.807) is 11.8 Å². The molecule has 3 rings (SSSR count). The van der Waals surface area contributed by atoms with Crippen LogP contribution in [0.15, 0.2) is 59.5 Å². The van der Waals surface area contributed by atoms with E-state index in [1.165, 1.54) is 10.5 Å². The molecular weight excluding hydrogens is 306 g/mol. The smallest absolute Gasteiger partial charge is 0.324 e. The molecule has 0 amide bonds. The molecule has 1 heterocycles. The van der Waals surface area contributed by atoms with Gasteiger partial charge in [0.05, 0.1) is 0 Å². The number of hydrogen-bond acceptors (Lipinski definition) is 3. The Bertz CT molecular complexity index is 666. The minimum atomic E-state index is -0.789. The van der Waals surface area contributed by atoms with Crippen molar-refractivity contribution in [3.63, 3.8) is 0 Å². The second-order valence-electron chi connectivity index (χ2n) is 6.02. The first-order chi connectivity index (χ1) is 11.2. The summed E-state index contributed by atoms with van der Waals surface area (Å²) in [6.45, 7) is 0.786. The van der Waals surface area contributed by atoms with Gasteiger partial charge in [0.25, 0.3) is 0 Å². The summed E-state index contributed by atoms with van der Waals surface area (Å²) in [6.07, 6.45) is 2.17. The van der Waals surface area contributed by atoms with Crippen molar-refractivity contribution in [1.82, 2.24) is 5.32 Å². The van der Waals surface area contributed by atoms with Crippen molar-refractivity contribution in [3.8, 4) is 0 Å². The number of hydrogen-bond donors (Lipinski definition) is 2. The maximum absolute atomic E-state index is 11.7. The Morgan fingerprint density at radius 3 is 2.61 bits per heavy atom. The highest BCUT2D eigenvalue weighted by Gasteiger charge is 2.40. The Labute approximate surface area is 141 Å². The predicted octanol–water partition coefficient (Wildman–Crippen LogP) is 3.73. The van der Waals surface area contributed by atoms with Crippen LogP contribution in [0.4, 0.5) is 0 Å². The molecule has 1 saturated heterocycles. The lowest BCUT2D eigenvalue weighted by Gasteiger charge is -2.24. The van der Waals surface area contributed by atoms with E-state index in [2.05, 4.69) is 41.7 Å². The molecule has 0 spiro atoms. The zero-order valence-electron chi connectivity index (χ0n) is 13.0. The lowest BCUT2D eigenvalue weighted by Crippen LogP contribution is -2.49. The van der Waals surface area contributed by atoms with E-state index in [4.69, 9.17) is 0 Å². The van der Waals surface area contributed by atoms with Gasteiger partial charge in [0.2, 0.25) is 0 Å². The summed E-state index contributed by atoms with van der Waals surface area (Å²) in [4.78, 5) is 12.8. The maximum atomic E-state index is 11.7. The summed E-state index contributed by atoms with van der Waals surface area (Å²) >= 11 is 1.79. The summed E-state index contributed by atoms with van der Waals surface area (Å²) in [5, 5.41) is 12.8. The Kier molecular flexibility index (Phi) is 5.03. The first-order valence-corrected chi connectivity index (χ1v) is 8.91. The van der Waals surface area contributed by atoms with Crippen molar-refractivity contribution in [2.75, 3.05) is 6.54 Å². The van der Waals surface area contributed by atoms with Gasteiger partial charge in [0.15, 0.2) is 0 Å².